The number of rotatable bonds is 4. The molecule has 0 fully saturated rings. The van der Waals surface area contributed by atoms with Gasteiger partial charge < -0.3 is 4.57 Å². The van der Waals surface area contributed by atoms with Crippen molar-refractivity contribution < 1.29 is 4.39 Å². The topological polar surface area (TPSA) is 17.3 Å². The largest absolute Gasteiger partial charge is 0.345 e. The maximum atomic E-state index is 14.3. The lowest BCUT2D eigenvalue weighted by atomic mass is 10.1. The first-order valence-corrected chi connectivity index (χ1v) is 7.37. The van der Waals surface area contributed by atoms with E-state index in [0.29, 0.717) is 6.42 Å². The van der Waals surface area contributed by atoms with Crippen molar-refractivity contribution in [1.82, 2.24) is 4.57 Å². The molecule has 0 amide bonds. The number of aromatic nitrogens is 1. The van der Waals surface area contributed by atoms with Gasteiger partial charge in [-0.05, 0) is 44.8 Å². The van der Waals surface area contributed by atoms with Crippen LogP contribution in [0.4, 0.5) is 4.39 Å². The van der Waals surface area contributed by atoms with E-state index in [1.165, 1.54) is 11.1 Å². The lowest BCUT2D eigenvalue weighted by Crippen LogP contribution is -2.00. The number of nitrogens with zero attached hydrogens (tertiary/aromatic N) is 2. The normalized spacial score (nSPS) is 17.5. The van der Waals surface area contributed by atoms with Gasteiger partial charge in [-0.25, -0.2) is 4.39 Å². The van der Waals surface area contributed by atoms with Crippen LogP contribution in [-0.2, 0) is 13.5 Å². The number of hydrogen-bond donors (Lipinski definition) is 0. The highest BCUT2D eigenvalue weighted by atomic mass is 19.1. The molecule has 1 aromatic heterocycles. The van der Waals surface area contributed by atoms with E-state index in [9.17, 15) is 4.39 Å². The van der Waals surface area contributed by atoms with Crippen molar-refractivity contribution in [3.63, 3.8) is 0 Å². The molecule has 0 N–H and O–H groups in total. The monoisotopic (exact) mass is 286 g/mol. The molecule has 1 aliphatic carbocycles. The second kappa shape index (κ2) is 6.25. The predicted octanol–water partition coefficient (Wildman–Crippen LogP) is 4.74. The summed E-state index contributed by atoms with van der Waals surface area (Å²) in [5, 5.41) is 0. The first kappa shape index (κ1) is 15.5. The molecule has 0 radical (unpaired) electrons. The summed E-state index contributed by atoms with van der Waals surface area (Å²) in [7, 11) is 1.96. The molecule has 0 aliphatic heterocycles. The molecular formula is C18H23FN2. The van der Waals surface area contributed by atoms with Crippen LogP contribution in [0, 0.1) is 12.7 Å². The fraction of sp³-hybridized carbons (Fsp3) is 0.389. The summed E-state index contributed by atoms with van der Waals surface area (Å²) in [6.45, 7) is 9.44. The van der Waals surface area contributed by atoms with Crippen molar-refractivity contribution in [2.24, 2.45) is 12.0 Å². The minimum absolute atomic E-state index is 0.0577. The second-order valence-corrected chi connectivity index (χ2v) is 5.51. The third kappa shape index (κ3) is 2.92. The van der Waals surface area contributed by atoms with Gasteiger partial charge in [0.15, 0.2) is 0 Å². The van der Waals surface area contributed by atoms with Crippen molar-refractivity contribution >= 4 is 11.3 Å². The highest BCUT2D eigenvalue weighted by Gasteiger charge is 2.22. The average Bonchev–Trinajstić information content (AvgIpc) is 2.95. The van der Waals surface area contributed by atoms with E-state index in [-0.39, 0.29) is 5.82 Å². The molecule has 21 heavy (non-hydrogen) atoms. The highest BCUT2D eigenvalue weighted by Crippen LogP contribution is 2.35. The molecule has 2 rings (SSSR count). The minimum Gasteiger partial charge on any atom is -0.345 e. The Morgan fingerprint density at radius 3 is 2.81 bits per heavy atom. The van der Waals surface area contributed by atoms with Gasteiger partial charge >= 0.3 is 0 Å². The second-order valence-electron chi connectivity index (χ2n) is 5.51. The molecule has 0 aromatic carbocycles. The molecule has 112 valence electrons. The Balaban J connectivity index is 2.31. The Labute approximate surface area is 126 Å². The Kier molecular flexibility index (Phi) is 4.61. The number of hydrogen-bond acceptors (Lipinski definition) is 1. The summed E-state index contributed by atoms with van der Waals surface area (Å²) in [5.74, 6) is -0.0577. The van der Waals surface area contributed by atoms with Gasteiger partial charge in [0.2, 0.25) is 0 Å². The molecule has 0 saturated carbocycles. The lowest BCUT2D eigenvalue weighted by molar-refractivity contribution is 0.596. The Hall–Kier alpha value is -1.90. The summed E-state index contributed by atoms with van der Waals surface area (Å²) in [5.41, 5.74) is 6.06. The van der Waals surface area contributed by atoms with Crippen LogP contribution in [0.5, 0.6) is 0 Å². The van der Waals surface area contributed by atoms with Gasteiger partial charge in [0.25, 0.3) is 0 Å². The van der Waals surface area contributed by atoms with E-state index < -0.39 is 0 Å². The molecule has 0 saturated heterocycles. The van der Waals surface area contributed by atoms with Crippen LogP contribution in [-0.4, -0.2) is 10.3 Å². The first-order chi connectivity index (χ1) is 9.99. The molecule has 0 unspecified atom stereocenters. The van der Waals surface area contributed by atoms with Crippen molar-refractivity contribution in [2.45, 2.75) is 40.0 Å². The molecule has 2 nitrogen and oxygen atoms in total. The first-order valence-electron chi connectivity index (χ1n) is 7.37. The maximum absolute atomic E-state index is 14.3. The third-order valence-corrected chi connectivity index (χ3v) is 4.05. The molecular weight excluding hydrogens is 263 g/mol. The van der Waals surface area contributed by atoms with Gasteiger partial charge in [-0.3, -0.25) is 4.99 Å². The van der Waals surface area contributed by atoms with Gasteiger partial charge in [0, 0.05) is 30.2 Å². The molecule has 0 spiro atoms. The average molecular weight is 286 g/mol. The van der Waals surface area contributed by atoms with Crippen LogP contribution in [0.15, 0.2) is 35.5 Å². The lowest BCUT2D eigenvalue weighted by Gasteiger charge is -2.08. The van der Waals surface area contributed by atoms with Crippen LogP contribution in [0.25, 0.3) is 5.57 Å². The van der Waals surface area contributed by atoms with E-state index in [0.717, 1.165) is 35.5 Å². The number of allylic oxidation sites excluding steroid dienone is 4. The zero-order chi connectivity index (χ0) is 15.6. The van der Waals surface area contributed by atoms with Gasteiger partial charge in [-0.1, -0.05) is 25.2 Å². The molecule has 1 heterocycles. The Bertz CT molecular complexity index is 657. The van der Waals surface area contributed by atoms with Crippen LogP contribution in [0.1, 0.15) is 43.6 Å². The van der Waals surface area contributed by atoms with Crippen LogP contribution >= 0.6 is 0 Å². The summed E-state index contributed by atoms with van der Waals surface area (Å²) in [6, 6.07) is 0. The number of aliphatic imine (C=N–C) groups is 1. The SMILES string of the molecule is C=C/N=C(C)\C=C1/CC=C(c2c(C)c(F)c(CC)n2C)C1. The van der Waals surface area contributed by atoms with Gasteiger partial charge in [-0.2, -0.15) is 0 Å². The highest BCUT2D eigenvalue weighted by molar-refractivity contribution is 5.94. The maximum Gasteiger partial charge on any atom is 0.147 e. The zero-order valence-corrected chi connectivity index (χ0v) is 13.3. The summed E-state index contributed by atoms with van der Waals surface area (Å²) in [4.78, 5) is 4.17. The number of halogens is 1. The van der Waals surface area contributed by atoms with Crippen LogP contribution in [0.2, 0.25) is 0 Å². The van der Waals surface area contributed by atoms with E-state index in [1.807, 2.05) is 32.4 Å². The minimum atomic E-state index is -0.0577. The molecule has 0 atom stereocenters. The van der Waals surface area contributed by atoms with E-state index >= 15 is 0 Å². The summed E-state index contributed by atoms with van der Waals surface area (Å²) < 4.78 is 16.3. The van der Waals surface area contributed by atoms with Crippen molar-refractivity contribution in [2.75, 3.05) is 0 Å². The fourth-order valence-electron chi connectivity index (χ4n) is 3.11. The van der Waals surface area contributed by atoms with Crippen LogP contribution < -0.4 is 0 Å². The zero-order valence-electron chi connectivity index (χ0n) is 13.3. The van der Waals surface area contributed by atoms with E-state index in [1.54, 1.807) is 6.20 Å². The van der Waals surface area contributed by atoms with Gasteiger partial charge in [0.1, 0.15) is 5.82 Å². The van der Waals surface area contributed by atoms with Crippen molar-refractivity contribution in [3.8, 4) is 0 Å². The molecule has 1 aliphatic rings. The Morgan fingerprint density at radius 1 is 1.52 bits per heavy atom. The van der Waals surface area contributed by atoms with Gasteiger partial charge in [0.05, 0.1) is 5.69 Å². The third-order valence-electron chi connectivity index (χ3n) is 4.05. The standard InChI is InChI=1S/C18H23FN2/c1-6-16-17(19)13(4)18(21(16)5)15-9-8-14(11-15)10-12(3)20-7-2/h7,9-10H,2,6,8,11H2,1,3-5H3/b14-10+,20-12-. The fourth-order valence-corrected chi connectivity index (χ4v) is 3.11. The van der Waals surface area contributed by atoms with E-state index in [4.69, 9.17) is 0 Å². The predicted molar refractivity (Wildman–Crippen MR) is 88.1 cm³/mol. The van der Waals surface area contributed by atoms with Crippen molar-refractivity contribution in [3.05, 3.63) is 53.3 Å². The molecule has 0 bridgehead atoms. The quantitative estimate of drug-likeness (QED) is 0.711. The smallest absolute Gasteiger partial charge is 0.147 e. The van der Waals surface area contributed by atoms with E-state index in [2.05, 4.69) is 23.7 Å². The Morgan fingerprint density at radius 2 is 2.24 bits per heavy atom. The van der Waals surface area contributed by atoms with Gasteiger partial charge in [-0.15, -0.1) is 0 Å². The van der Waals surface area contributed by atoms with Crippen LogP contribution in [0.3, 0.4) is 0 Å². The molecule has 3 heteroatoms. The summed E-state index contributed by atoms with van der Waals surface area (Å²) >= 11 is 0. The summed E-state index contributed by atoms with van der Waals surface area (Å²) in [6.07, 6.45) is 8.34. The van der Waals surface area contributed by atoms with Crippen molar-refractivity contribution in [1.29, 1.82) is 0 Å². The molecule has 1 aromatic rings.